The predicted molar refractivity (Wildman–Crippen MR) is 94.9 cm³/mol. The van der Waals surface area contributed by atoms with E-state index in [0.29, 0.717) is 13.1 Å². The van der Waals surface area contributed by atoms with Crippen LogP contribution in [0.15, 0.2) is 54.6 Å². The predicted octanol–water partition coefficient (Wildman–Crippen LogP) is 3.17. The summed E-state index contributed by atoms with van der Waals surface area (Å²) in [7, 11) is 0. The van der Waals surface area contributed by atoms with E-state index >= 15 is 0 Å². The van der Waals surface area contributed by atoms with Gasteiger partial charge in [0.15, 0.2) is 0 Å². The summed E-state index contributed by atoms with van der Waals surface area (Å²) in [5, 5.41) is 26.8. The number of benzene rings is 2. The van der Waals surface area contributed by atoms with Crippen LogP contribution in [0.3, 0.4) is 0 Å². The standard InChI is InChI=1S/C19H21N3O2/c1-14-5-2-3-8-17(14)18-12-19(22(21-18)9-10-23)20-13-15-6-4-7-16(24)11-15/h2-8,11-12,20,23-24H,9-10,13H2,1H3. The normalized spacial score (nSPS) is 10.8. The van der Waals surface area contributed by atoms with Gasteiger partial charge < -0.3 is 15.5 Å². The van der Waals surface area contributed by atoms with Gasteiger partial charge in [-0.05, 0) is 30.2 Å². The Morgan fingerprint density at radius 1 is 1.08 bits per heavy atom. The van der Waals surface area contributed by atoms with Gasteiger partial charge in [-0.15, -0.1) is 0 Å². The molecule has 5 nitrogen and oxygen atoms in total. The van der Waals surface area contributed by atoms with Crippen LogP contribution >= 0.6 is 0 Å². The Kier molecular flexibility index (Phi) is 4.82. The van der Waals surface area contributed by atoms with Crippen LogP contribution in [-0.2, 0) is 13.1 Å². The van der Waals surface area contributed by atoms with Gasteiger partial charge in [-0.3, -0.25) is 0 Å². The zero-order valence-corrected chi connectivity index (χ0v) is 13.6. The maximum absolute atomic E-state index is 9.55. The largest absolute Gasteiger partial charge is 0.508 e. The Morgan fingerprint density at radius 3 is 2.67 bits per heavy atom. The fraction of sp³-hybridized carbons (Fsp3) is 0.211. The third-order valence-corrected chi connectivity index (χ3v) is 3.90. The highest BCUT2D eigenvalue weighted by Crippen LogP contribution is 2.25. The molecule has 0 aliphatic rings. The van der Waals surface area contributed by atoms with Crippen molar-refractivity contribution in [2.75, 3.05) is 11.9 Å². The quantitative estimate of drug-likeness (QED) is 0.652. The molecule has 1 aromatic heterocycles. The first kappa shape index (κ1) is 16.1. The number of hydrogen-bond donors (Lipinski definition) is 3. The molecule has 0 spiro atoms. The number of phenolic OH excluding ortho intramolecular Hbond substituents is 1. The van der Waals surface area contributed by atoms with Crippen LogP contribution in [0, 0.1) is 6.92 Å². The van der Waals surface area contributed by atoms with E-state index in [9.17, 15) is 10.2 Å². The summed E-state index contributed by atoms with van der Waals surface area (Å²) in [5.74, 6) is 1.09. The Balaban J connectivity index is 1.85. The molecule has 0 saturated heterocycles. The SMILES string of the molecule is Cc1ccccc1-c1cc(NCc2cccc(O)c2)n(CCO)n1. The van der Waals surface area contributed by atoms with Crippen molar-refractivity contribution in [2.45, 2.75) is 20.0 Å². The molecule has 0 atom stereocenters. The van der Waals surface area contributed by atoms with Gasteiger partial charge in [0.1, 0.15) is 11.6 Å². The number of aromatic hydroxyl groups is 1. The van der Waals surface area contributed by atoms with Gasteiger partial charge in [-0.1, -0.05) is 36.4 Å². The minimum Gasteiger partial charge on any atom is -0.508 e. The Bertz CT molecular complexity index is 827. The summed E-state index contributed by atoms with van der Waals surface area (Å²) in [4.78, 5) is 0. The number of nitrogens with zero attached hydrogens (tertiary/aromatic N) is 2. The van der Waals surface area contributed by atoms with Crippen LogP contribution in [0.1, 0.15) is 11.1 Å². The molecule has 0 aliphatic carbocycles. The molecule has 124 valence electrons. The fourth-order valence-electron chi connectivity index (χ4n) is 2.68. The molecular formula is C19H21N3O2. The van der Waals surface area contributed by atoms with Crippen LogP contribution in [-0.4, -0.2) is 26.6 Å². The number of anilines is 1. The summed E-state index contributed by atoms with van der Waals surface area (Å²) in [6, 6.07) is 17.2. The molecule has 0 radical (unpaired) electrons. The second-order valence-corrected chi connectivity index (χ2v) is 5.70. The third-order valence-electron chi connectivity index (χ3n) is 3.90. The first-order chi connectivity index (χ1) is 11.7. The molecule has 0 unspecified atom stereocenters. The van der Waals surface area contributed by atoms with Gasteiger partial charge in [0.25, 0.3) is 0 Å². The molecule has 0 fully saturated rings. The van der Waals surface area contributed by atoms with Crippen LogP contribution in [0.4, 0.5) is 5.82 Å². The third kappa shape index (κ3) is 3.58. The molecular weight excluding hydrogens is 302 g/mol. The average Bonchev–Trinajstić information content (AvgIpc) is 2.97. The fourth-order valence-corrected chi connectivity index (χ4v) is 2.68. The molecule has 0 amide bonds. The number of phenols is 1. The molecule has 3 rings (SSSR count). The number of aryl methyl sites for hydroxylation is 1. The van der Waals surface area contributed by atoms with E-state index in [-0.39, 0.29) is 12.4 Å². The molecule has 0 aliphatic heterocycles. The molecule has 5 heteroatoms. The summed E-state index contributed by atoms with van der Waals surface area (Å²) < 4.78 is 1.77. The van der Waals surface area contributed by atoms with E-state index in [1.54, 1.807) is 16.8 Å². The molecule has 0 bridgehead atoms. The van der Waals surface area contributed by atoms with Gasteiger partial charge >= 0.3 is 0 Å². The van der Waals surface area contributed by atoms with Gasteiger partial charge in [0.2, 0.25) is 0 Å². The van der Waals surface area contributed by atoms with Gasteiger partial charge in [-0.25, -0.2) is 4.68 Å². The number of rotatable bonds is 6. The number of aliphatic hydroxyl groups is 1. The van der Waals surface area contributed by atoms with Crippen molar-refractivity contribution in [1.82, 2.24) is 9.78 Å². The van der Waals surface area contributed by atoms with Crippen molar-refractivity contribution in [1.29, 1.82) is 0 Å². The lowest BCUT2D eigenvalue weighted by atomic mass is 10.1. The van der Waals surface area contributed by atoms with E-state index in [1.807, 2.05) is 36.4 Å². The van der Waals surface area contributed by atoms with Crippen LogP contribution in [0.25, 0.3) is 11.3 Å². The average molecular weight is 323 g/mol. The van der Waals surface area contributed by atoms with Crippen LogP contribution < -0.4 is 5.32 Å². The first-order valence-corrected chi connectivity index (χ1v) is 7.94. The summed E-state index contributed by atoms with van der Waals surface area (Å²) in [5.41, 5.74) is 4.09. The Labute approximate surface area is 141 Å². The molecule has 2 aromatic carbocycles. The maximum atomic E-state index is 9.55. The Hall–Kier alpha value is -2.79. The van der Waals surface area contributed by atoms with E-state index in [1.165, 1.54) is 0 Å². The minimum atomic E-state index is 0.0235. The van der Waals surface area contributed by atoms with Crippen molar-refractivity contribution in [3.8, 4) is 17.0 Å². The highest BCUT2D eigenvalue weighted by atomic mass is 16.3. The van der Waals surface area contributed by atoms with Gasteiger partial charge in [0, 0.05) is 18.2 Å². The van der Waals surface area contributed by atoms with Crippen molar-refractivity contribution < 1.29 is 10.2 Å². The van der Waals surface area contributed by atoms with Crippen molar-refractivity contribution >= 4 is 5.82 Å². The number of aliphatic hydroxyl groups excluding tert-OH is 1. The van der Waals surface area contributed by atoms with Crippen molar-refractivity contribution in [2.24, 2.45) is 0 Å². The van der Waals surface area contributed by atoms with E-state index < -0.39 is 0 Å². The van der Waals surface area contributed by atoms with E-state index in [2.05, 4.69) is 23.4 Å². The molecule has 24 heavy (non-hydrogen) atoms. The van der Waals surface area contributed by atoms with Gasteiger partial charge in [-0.2, -0.15) is 5.10 Å². The highest BCUT2D eigenvalue weighted by molar-refractivity contribution is 5.66. The summed E-state index contributed by atoms with van der Waals surface area (Å²) in [6.07, 6.45) is 0. The molecule has 1 heterocycles. The lowest BCUT2D eigenvalue weighted by Crippen LogP contribution is -2.10. The number of nitrogens with one attached hydrogen (secondary N) is 1. The van der Waals surface area contributed by atoms with E-state index in [4.69, 9.17) is 0 Å². The lowest BCUT2D eigenvalue weighted by Gasteiger charge is -2.08. The second-order valence-electron chi connectivity index (χ2n) is 5.70. The zero-order chi connectivity index (χ0) is 16.9. The van der Waals surface area contributed by atoms with Crippen molar-refractivity contribution in [3.63, 3.8) is 0 Å². The lowest BCUT2D eigenvalue weighted by molar-refractivity contribution is 0.270. The smallest absolute Gasteiger partial charge is 0.125 e. The monoisotopic (exact) mass is 323 g/mol. The Morgan fingerprint density at radius 2 is 1.92 bits per heavy atom. The zero-order valence-electron chi connectivity index (χ0n) is 13.6. The summed E-state index contributed by atoms with van der Waals surface area (Å²) in [6.45, 7) is 3.07. The van der Waals surface area contributed by atoms with Crippen molar-refractivity contribution in [3.05, 3.63) is 65.7 Å². The first-order valence-electron chi connectivity index (χ1n) is 7.94. The highest BCUT2D eigenvalue weighted by Gasteiger charge is 2.11. The summed E-state index contributed by atoms with van der Waals surface area (Å²) >= 11 is 0. The molecule has 3 N–H and O–H groups in total. The second kappa shape index (κ2) is 7.19. The topological polar surface area (TPSA) is 70.3 Å². The van der Waals surface area contributed by atoms with Crippen LogP contribution in [0.2, 0.25) is 0 Å². The van der Waals surface area contributed by atoms with E-state index in [0.717, 1.165) is 28.2 Å². The maximum Gasteiger partial charge on any atom is 0.125 e. The molecule has 0 saturated carbocycles. The minimum absolute atomic E-state index is 0.0235. The number of aromatic nitrogens is 2. The van der Waals surface area contributed by atoms with Crippen LogP contribution in [0.5, 0.6) is 5.75 Å². The molecule has 3 aromatic rings. The number of hydrogen-bond acceptors (Lipinski definition) is 4. The van der Waals surface area contributed by atoms with Gasteiger partial charge in [0.05, 0.1) is 18.8 Å².